The molecule has 0 saturated carbocycles. The van der Waals surface area contributed by atoms with Crippen molar-refractivity contribution in [1.29, 1.82) is 0 Å². The van der Waals surface area contributed by atoms with Crippen molar-refractivity contribution in [2.45, 2.75) is 32.9 Å². The number of nitrogens with one attached hydrogen (secondary N) is 2. The Morgan fingerprint density at radius 1 is 1.30 bits per heavy atom. The first kappa shape index (κ1) is 25.0. The van der Waals surface area contributed by atoms with E-state index in [2.05, 4.69) is 32.4 Å². The minimum absolute atomic E-state index is 0. The Kier molecular flexibility index (Phi) is 11.0. The van der Waals surface area contributed by atoms with Gasteiger partial charge in [-0.05, 0) is 31.0 Å². The van der Waals surface area contributed by atoms with E-state index in [1.165, 1.54) is 10.9 Å². The number of hydrogen-bond donors (Lipinski definition) is 2. The van der Waals surface area contributed by atoms with Crippen molar-refractivity contribution in [2.24, 2.45) is 4.99 Å². The quantitative estimate of drug-likeness (QED) is 0.301. The van der Waals surface area contributed by atoms with E-state index in [1.54, 1.807) is 23.5 Å². The van der Waals surface area contributed by atoms with Crippen molar-refractivity contribution >= 4 is 41.3 Å². The van der Waals surface area contributed by atoms with Crippen LogP contribution in [0.2, 0.25) is 0 Å². The number of benzene rings is 1. The highest BCUT2D eigenvalue weighted by molar-refractivity contribution is 14.0. The maximum Gasteiger partial charge on any atom is 0.191 e. The van der Waals surface area contributed by atoms with Crippen molar-refractivity contribution < 1.29 is 9.13 Å². The van der Waals surface area contributed by atoms with Gasteiger partial charge in [-0.25, -0.2) is 14.4 Å². The van der Waals surface area contributed by atoms with Crippen molar-refractivity contribution in [3.05, 3.63) is 51.7 Å². The molecule has 1 aromatic carbocycles. The molecule has 2 heterocycles. The number of morpholine rings is 1. The third-order valence-electron chi connectivity index (χ3n) is 4.85. The zero-order valence-electron chi connectivity index (χ0n) is 17.6. The van der Waals surface area contributed by atoms with Gasteiger partial charge in [0.1, 0.15) is 10.8 Å². The van der Waals surface area contributed by atoms with Crippen LogP contribution in [0.25, 0.3) is 0 Å². The summed E-state index contributed by atoms with van der Waals surface area (Å²) in [5, 5.41) is 7.74. The van der Waals surface area contributed by atoms with Gasteiger partial charge in [-0.2, -0.15) is 0 Å². The highest BCUT2D eigenvalue weighted by Gasteiger charge is 2.23. The van der Waals surface area contributed by atoms with Gasteiger partial charge in [0.15, 0.2) is 5.96 Å². The number of aryl methyl sites for hydroxylation is 1. The number of aliphatic imine (C=N–C) groups is 1. The predicted molar refractivity (Wildman–Crippen MR) is 131 cm³/mol. The fourth-order valence-electron chi connectivity index (χ4n) is 3.33. The molecule has 2 N–H and O–H groups in total. The van der Waals surface area contributed by atoms with Crippen LogP contribution in [0, 0.1) is 5.82 Å². The van der Waals surface area contributed by atoms with E-state index < -0.39 is 0 Å². The van der Waals surface area contributed by atoms with Gasteiger partial charge >= 0.3 is 0 Å². The maximum atomic E-state index is 13.8. The molecular formula is C21H31FIN5OS. The lowest BCUT2D eigenvalue weighted by Crippen LogP contribution is -2.46. The van der Waals surface area contributed by atoms with Crippen molar-refractivity contribution in [1.82, 2.24) is 20.5 Å². The second-order valence-electron chi connectivity index (χ2n) is 6.87. The second-order valence-corrected chi connectivity index (χ2v) is 8.07. The fourth-order valence-corrected chi connectivity index (χ4v) is 4.11. The number of hydrogen-bond acceptors (Lipinski definition) is 5. The summed E-state index contributed by atoms with van der Waals surface area (Å²) in [6, 6.07) is 6.90. The van der Waals surface area contributed by atoms with Crippen LogP contribution in [-0.4, -0.2) is 55.2 Å². The molecule has 1 unspecified atom stereocenters. The van der Waals surface area contributed by atoms with Crippen LogP contribution >= 0.6 is 35.3 Å². The van der Waals surface area contributed by atoms with Crippen LogP contribution in [0.5, 0.6) is 0 Å². The molecule has 0 bridgehead atoms. The zero-order chi connectivity index (χ0) is 20.5. The lowest BCUT2D eigenvalue weighted by molar-refractivity contribution is 0.0169. The van der Waals surface area contributed by atoms with Gasteiger partial charge in [0, 0.05) is 37.3 Å². The molecule has 1 atom stereocenters. The third kappa shape index (κ3) is 7.44. The third-order valence-corrected chi connectivity index (χ3v) is 5.98. The van der Waals surface area contributed by atoms with Crippen molar-refractivity contribution in [3.8, 4) is 0 Å². The molecule has 1 aliphatic rings. The standard InChI is InChI=1S/C21H30FN5OS.HI/c1-3-18-13-24-20(29-18)15-26-21(23-4-2)25-14-19(27-8-10-28-11-9-27)16-6-5-7-17(22)12-16;/h5-7,12-13,19H,3-4,8-11,14-15H2,1-2H3,(H2,23,25,26);1H. The number of nitrogens with zero attached hydrogens (tertiary/aromatic N) is 3. The molecule has 1 fully saturated rings. The average Bonchev–Trinajstić information content (AvgIpc) is 3.21. The Bertz CT molecular complexity index is 797. The van der Waals surface area contributed by atoms with E-state index >= 15 is 0 Å². The Hall–Kier alpha value is -1.30. The molecule has 0 spiro atoms. The Morgan fingerprint density at radius 3 is 2.77 bits per heavy atom. The topological polar surface area (TPSA) is 61.8 Å². The Morgan fingerprint density at radius 2 is 2.10 bits per heavy atom. The number of halogens is 2. The lowest BCUT2D eigenvalue weighted by Gasteiger charge is -2.35. The van der Waals surface area contributed by atoms with Crippen LogP contribution in [0.4, 0.5) is 4.39 Å². The summed E-state index contributed by atoms with van der Waals surface area (Å²) in [4.78, 5) is 12.7. The SMILES string of the molecule is CCNC(=NCc1ncc(CC)s1)NCC(c1cccc(F)c1)N1CCOCC1.I. The summed E-state index contributed by atoms with van der Waals surface area (Å²) < 4.78 is 19.3. The molecule has 0 radical (unpaired) electrons. The van der Waals surface area contributed by atoms with E-state index in [4.69, 9.17) is 4.74 Å². The first-order valence-electron chi connectivity index (χ1n) is 10.2. The molecule has 3 rings (SSSR count). The average molecular weight is 547 g/mol. The summed E-state index contributed by atoms with van der Waals surface area (Å²) in [5.41, 5.74) is 0.961. The lowest BCUT2D eigenvalue weighted by atomic mass is 10.0. The van der Waals surface area contributed by atoms with E-state index in [-0.39, 0.29) is 35.8 Å². The van der Waals surface area contributed by atoms with E-state index in [0.717, 1.165) is 42.6 Å². The number of aromatic nitrogens is 1. The summed E-state index contributed by atoms with van der Waals surface area (Å²) in [7, 11) is 0. The smallest absolute Gasteiger partial charge is 0.191 e. The summed E-state index contributed by atoms with van der Waals surface area (Å²) >= 11 is 1.70. The van der Waals surface area contributed by atoms with Gasteiger partial charge in [0.25, 0.3) is 0 Å². The molecule has 1 aromatic heterocycles. The van der Waals surface area contributed by atoms with Gasteiger partial charge in [-0.15, -0.1) is 35.3 Å². The van der Waals surface area contributed by atoms with Crippen LogP contribution in [0.15, 0.2) is 35.5 Å². The minimum atomic E-state index is -0.211. The van der Waals surface area contributed by atoms with Crippen LogP contribution in [0.3, 0.4) is 0 Å². The molecular weight excluding hydrogens is 516 g/mol. The number of ether oxygens (including phenoxy) is 1. The molecule has 2 aromatic rings. The molecule has 166 valence electrons. The minimum Gasteiger partial charge on any atom is -0.379 e. The molecule has 9 heteroatoms. The summed E-state index contributed by atoms with van der Waals surface area (Å²) in [5.74, 6) is 0.534. The molecule has 6 nitrogen and oxygen atoms in total. The van der Waals surface area contributed by atoms with Gasteiger partial charge in [0.2, 0.25) is 0 Å². The van der Waals surface area contributed by atoms with E-state index in [0.29, 0.717) is 26.3 Å². The number of guanidine groups is 1. The van der Waals surface area contributed by atoms with Crippen LogP contribution in [0.1, 0.15) is 35.3 Å². The molecule has 1 saturated heterocycles. The van der Waals surface area contributed by atoms with Crippen LogP contribution < -0.4 is 10.6 Å². The van der Waals surface area contributed by atoms with Gasteiger partial charge < -0.3 is 15.4 Å². The molecule has 0 amide bonds. The van der Waals surface area contributed by atoms with Gasteiger partial charge in [0.05, 0.1) is 25.8 Å². The second kappa shape index (κ2) is 13.2. The normalized spacial score (nSPS) is 16.0. The maximum absolute atomic E-state index is 13.8. The van der Waals surface area contributed by atoms with Crippen molar-refractivity contribution in [3.63, 3.8) is 0 Å². The summed E-state index contributed by atoms with van der Waals surface area (Å²) in [6.07, 6.45) is 2.92. The van der Waals surface area contributed by atoms with Gasteiger partial charge in [-0.1, -0.05) is 19.1 Å². The summed E-state index contributed by atoms with van der Waals surface area (Å²) in [6.45, 7) is 9.17. The highest BCUT2D eigenvalue weighted by Crippen LogP contribution is 2.22. The van der Waals surface area contributed by atoms with E-state index in [9.17, 15) is 4.39 Å². The monoisotopic (exact) mass is 547 g/mol. The largest absolute Gasteiger partial charge is 0.379 e. The van der Waals surface area contributed by atoms with Crippen molar-refractivity contribution in [2.75, 3.05) is 39.4 Å². The Balaban J connectivity index is 0.00000320. The number of rotatable bonds is 8. The first-order valence-corrected chi connectivity index (χ1v) is 11.0. The highest BCUT2D eigenvalue weighted by atomic mass is 127. The predicted octanol–water partition coefficient (Wildman–Crippen LogP) is 3.59. The molecule has 1 aliphatic heterocycles. The molecule has 30 heavy (non-hydrogen) atoms. The van der Waals surface area contributed by atoms with Crippen LogP contribution in [-0.2, 0) is 17.7 Å². The Labute approximate surface area is 199 Å². The number of thiazole rings is 1. The first-order chi connectivity index (χ1) is 14.2. The fraction of sp³-hybridized carbons (Fsp3) is 0.524. The van der Waals surface area contributed by atoms with Gasteiger partial charge in [-0.3, -0.25) is 4.90 Å². The zero-order valence-corrected chi connectivity index (χ0v) is 20.7. The van der Waals surface area contributed by atoms with E-state index in [1.807, 2.05) is 19.2 Å². The molecule has 0 aliphatic carbocycles.